The van der Waals surface area contributed by atoms with Crippen molar-refractivity contribution in [2.24, 2.45) is 0 Å². The quantitative estimate of drug-likeness (QED) is 0.598. The lowest BCUT2D eigenvalue weighted by atomic mass is 10.6. The number of hydrogen-bond acceptors (Lipinski definition) is 2. The van der Waals surface area contributed by atoms with Crippen molar-refractivity contribution in [2.45, 2.75) is 0 Å². The molecule has 0 saturated carbocycles. The normalized spacial score (nSPS) is 20.3. The molecular formula is C9H18N4O2. The Labute approximate surface area is 89.8 Å². The van der Waals surface area contributed by atoms with Crippen LogP contribution < -0.4 is 5.32 Å². The van der Waals surface area contributed by atoms with Gasteiger partial charge in [-0.25, -0.2) is 9.59 Å². The molecule has 0 aromatic heterocycles. The first-order valence-corrected chi connectivity index (χ1v) is 4.97. The maximum absolute atomic E-state index is 10.8. The zero-order chi connectivity index (χ0) is 11.4. The van der Waals surface area contributed by atoms with Crippen LogP contribution in [0, 0.1) is 0 Å². The second-order valence-electron chi connectivity index (χ2n) is 3.78. The summed E-state index contributed by atoms with van der Waals surface area (Å²) in [6, 6.07) is 0.171. The molecule has 0 aliphatic carbocycles. The lowest BCUT2D eigenvalue weighted by Crippen LogP contribution is -2.25. The zero-order valence-electron chi connectivity index (χ0n) is 9.49. The number of carbonyl (C=O) groups excluding carboxylic acids is 2. The molecule has 2 aliphatic heterocycles. The Morgan fingerprint density at radius 3 is 1.60 bits per heavy atom. The van der Waals surface area contributed by atoms with E-state index < -0.39 is 0 Å². The van der Waals surface area contributed by atoms with E-state index in [1.807, 2.05) is 14.1 Å². The van der Waals surface area contributed by atoms with Gasteiger partial charge in [0.2, 0.25) is 0 Å². The summed E-state index contributed by atoms with van der Waals surface area (Å²) in [7, 11) is 5.40. The third-order valence-corrected chi connectivity index (χ3v) is 2.49. The number of likely N-dealkylation sites (N-methyl/N-ethyl adjacent to an activating group) is 3. The van der Waals surface area contributed by atoms with E-state index >= 15 is 0 Å². The number of carbonyl (C=O) groups is 2. The standard InChI is InChI=1S/C5H10N2O.C4H8N2O/c1-6-3-4-7(2)5(6)8;1-6-3-2-5-4(6)7/h3-4H2,1-2H3;2-3H2,1H3,(H,5,7). The highest BCUT2D eigenvalue weighted by Gasteiger charge is 2.20. The summed E-state index contributed by atoms with van der Waals surface area (Å²) in [6.45, 7) is 3.39. The maximum atomic E-state index is 10.8. The number of hydrogen-bond donors (Lipinski definition) is 1. The summed E-state index contributed by atoms with van der Waals surface area (Å²) in [5.41, 5.74) is 0. The van der Waals surface area contributed by atoms with Gasteiger partial charge in [0, 0.05) is 47.3 Å². The van der Waals surface area contributed by atoms with E-state index in [1.54, 1.807) is 21.7 Å². The van der Waals surface area contributed by atoms with Crippen molar-refractivity contribution in [3.05, 3.63) is 0 Å². The lowest BCUT2D eigenvalue weighted by Gasteiger charge is -2.07. The summed E-state index contributed by atoms with van der Waals surface area (Å²) < 4.78 is 0. The fourth-order valence-electron chi connectivity index (χ4n) is 1.35. The van der Waals surface area contributed by atoms with Gasteiger partial charge in [-0.3, -0.25) is 0 Å². The molecule has 2 rings (SSSR count). The molecule has 0 radical (unpaired) electrons. The first-order chi connectivity index (χ1) is 7.02. The fourth-order valence-corrected chi connectivity index (χ4v) is 1.35. The predicted octanol–water partition coefficient (Wildman–Crippen LogP) is -0.375. The molecule has 0 aromatic rings. The van der Waals surface area contributed by atoms with Crippen molar-refractivity contribution in [1.82, 2.24) is 20.0 Å². The fraction of sp³-hybridized carbons (Fsp3) is 0.778. The minimum atomic E-state index is 0.0417. The van der Waals surface area contributed by atoms with E-state index in [0.717, 1.165) is 26.2 Å². The van der Waals surface area contributed by atoms with Gasteiger partial charge in [0.15, 0.2) is 0 Å². The Bertz CT molecular complexity index is 244. The van der Waals surface area contributed by atoms with Gasteiger partial charge in [-0.05, 0) is 0 Å². The Kier molecular flexibility index (Phi) is 3.76. The summed E-state index contributed by atoms with van der Waals surface area (Å²) in [5.74, 6) is 0. The number of nitrogens with zero attached hydrogens (tertiary/aromatic N) is 3. The molecular weight excluding hydrogens is 196 g/mol. The van der Waals surface area contributed by atoms with Gasteiger partial charge in [-0.2, -0.15) is 0 Å². The molecule has 1 N–H and O–H groups in total. The molecule has 0 unspecified atom stereocenters. The largest absolute Gasteiger partial charge is 0.336 e. The van der Waals surface area contributed by atoms with E-state index in [4.69, 9.17) is 0 Å². The van der Waals surface area contributed by atoms with Crippen LogP contribution in [0.1, 0.15) is 0 Å². The summed E-state index contributed by atoms with van der Waals surface area (Å²) >= 11 is 0. The smallest absolute Gasteiger partial charge is 0.319 e. The zero-order valence-corrected chi connectivity index (χ0v) is 9.49. The van der Waals surface area contributed by atoms with Crippen molar-refractivity contribution >= 4 is 12.1 Å². The van der Waals surface area contributed by atoms with Gasteiger partial charge in [0.05, 0.1) is 0 Å². The molecule has 0 aromatic carbocycles. The Morgan fingerprint density at radius 1 is 0.933 bits per heavy atom. The minimum Gasteiger partial charge on any atom is -0.336 e. The molecule has 2 aliphatic rings. The van der Waals surface area contributed by atoms with E-state index in [9.17, 15) is 9.59 Å². The topological polar surface area (TPSA) is 55.9 Å². The third-order valence-electron chi connectivity index (χ3n) is 2.49. The number of amides is 4. The van der Waals surface area contributed by atoms with Crippen LogP contribution in [-0.4, -0.2) is 74.1 Å². The number of urea groups is 2. The molecule has 0 atom stereocenters. The SMILES string of the molecule is CN1CCN(C)C1=O.CN1CCNC1=O. The van der Waals surface area contributed by atoms with Crippen LogP contribution in [0.3, 0.4) is 0 Å². The van der Waals surface area contributed by atoms with Crippen molar-refractivity contribution in [1.29, 1.82) is 0 Å². The average Bonchev–Trinajstić information content (AvgIpc) is 2.70. The van der Waals surface area contributed by atoms with Crippen molar-refractivity contribution in [3.8, 4) is 0 Å². The monoisotopic (exact) mass is 214 g/mol. The first kappa shape index (κ1) is 11.6. The van der Waals surface area contributed by atoms with Crippen LogP contribution in [0.5, 0.6) is 0 Å². The molecule has 0 spiro atoms. The van der Waals surface area contributed by atoms with Crippen molar-refractivity contribution in [2.75, 3.05) is 47.3 Å². The molecule has 6 nitrogen and oxygen atoms in total. The molecule has 15 heavy (non-hydrogen) atoms. The molecule has 2 saturated heterocycles. The van der Waals surface area contributed by atoms with E-state index in [2.05, 4.69) is 5.32 Å². The highest BCUT2D eigenvalue weighted by molar-refractivity contribution is 5.76. The maximum Gasteiger partial charge on any atom is 0.319 e. The Balaban J connectivity index is 0.000000151. The van der Waals surface area contributed by atoms with Crippen LogP contribution >= 0.6 is 0 Å². The van der Waals surface area contributed by atoms with E-state index in [0.29, 0.717) is 0 Å². The van der Waals surface area contributed by atoms with Crippen molar-refractivity contribution in [3.63, 3.8) is 0 Å². The van der Waals surface area contributed by atoms with Gasteiger partial charge < -0.3 is 20.0 Å². The predicted molar refractivity (Wildman–Crippen MR) is 56.7 cm³/mol. The highest BCUT2D eigenvalue weighted by atomic mass is 16.2. The summed E-state index contributed by atoms with van der Waals surface area (Å²) in [6.07, 6.45) is 0. The Morgan fingerprint density at radius 2 is 1.47 bits per heavy atom. The third kappa shape index (κ3) is 3.00. The second kappa shape index (κ2) is 4.86. The molecule has 6 heteroatoms. The van der Waals surface area contributed by atoms with Crippen LogP contribution in [-0.2, 0) is 0 Å². The van der Waals surface area contributed by atoms with Crippen LogP contribution in [0.25, 0.3) is 0 Å². The number of rotatable bonds is 0. The molecule has 0 bridgehead atoms. The first-order valence-electron chi connectivity index (χ1n) is 4.97. The van der Waals surface area contributed by atoms with Crippen LogP contribution in [0.2, 0.25) is 0 Å². The molecule has 2 fully saturated rings. The van der Waals surface area contributed by atoms with Gasteiger partial charge in [-0.1, -0.05) is 0 Å². The van der Waals surface area contributed by atoms with Crippen molar-refractivity contribution < 1.29 is 9.59 Å². The van der Waals surface area contributed by atoms with Gasteiger partial charge in [-0.15, -0.1) is 0 Å². The van der Waals surface area contributed by atoms with Crippen LogP contribution in [0.15, 0.2) is 0 Å². The molecule has 2 heterocycles. The van der Waals surface area contributed by atoms with E-state index in [-0.39, 0.29) is 12.1 Å². The lowest BCUT2D eigenvalue weighted by molar-refractivity contribution is 0.205. The van der Waals surface area contributed by atoms with E-state index in [1.165, 1.54) is 0 Å². The van der Waals surface area contributed by atoms with Gasteiger partial charge >= 0.3 is 12.1 Å². The second-order valence-corrected chi connectivity index (χ2v) is 3.78. The van der Waals surface area contributed by atoms with Gasteiger partial charge in [0.1, 0.15) is 0 Å². The highest BCUT2D eigenvalue weighted by Crippen LogP contribution is 2.00. The molecule has 4 amide bonds. The molecule has 86 valence electrons. The number of nitrogens with one attached hydrogen (secondary N) is 1. The minimum absolute atomic E-state index is 0.0417. The summed E-state index contributed by atoms with van der Waals surface area (Å²) in [4.78, 5) is 26.2. The Hall–Kier alpha value is -1.46. The van der Waals surface area contributed by atoms with Crippen LogP contribution in [0.4, 0.5) is 9.59 Å². The van der Waals surface area contributed by atoms with Gasteiger partial charge in [0.25, 0.3) is 0 Å². The average molecular weight is 214 g/mol. The summed E-state index contributed by atoms with van der Waals surface area (Å²) in [5, 5.41) is 2.66.